The number of rotatable bonds is 5. The highest BCUT2D eigenvalue weighted by molar-refractivity contribution is 7.93. The van der Waals surface area contributed by atoms with Gasteiger partial charge in [-0.05, 0) is 23.6 Å². The van der Waals surface area contributed by atoms with Crippen LogP contribution in [0, 0.1) is 0 Å². The molecule has 0 atom stereocenters. The van der Waals surface area contributed by atoms with Crippen molar-refractivity contribution in [1.29, 1.82) is 0 Å². The molecule has 2 N–H and O–H groups in total. The second-order valence-electron chi connectivity index (χ2n) is 4.67. The third-order valence-electron chi connectivity index (χ3n) is 3.12. The molecule has 3 rings (SSSR count). The van der Waals surface area contributed by atoms with Crippen LogP contribution in [0.25, 0.3) is 5.76 Å². The molecule has 2 heterocycles. The Hall–Kier alpha value is -2.78. The van der Waals surface area contributed by atoms with Crippen LogP contribution in [-0.2, 0) is 9.84 Å². The molecule has 7 nitrogen and oxygen atoms in total. The predicted molar refractivity (Wildman–Crippen MR) is 87.5 cm³/mol. The van der Waals surface area contributed by atoms with Gasteiger partial charge in [0, 0.05) is 11.6 Å². The van der Waals surface area contributed by atoms with E-state index in [0.29, 0.717) is 0 Å². The highest BCUT2D eigenvalue weighted by Gasteiger charge is 2.24. The number of H-pyrrole nitrogens is 1. The Morgan fingerprint density at radius 3 is 2.62 bits per heavy atom. The summed E-state index contributed by atoms with van der Waals surface area (Å²) >= 11 is 0.968. The summed E-state index contributed by atoms with van der Waals surface area (Å²) in [7, 11) is -3.79. The summed E-state index contributed by atoms with van der Waals surface area (Å²) in [6, 6.07) is 9.33. The fraction of sp³-hybridized carbons (Fsp3) is 0. The molecule has 0 amide bonds. The van der Waals surface area contributed by atoms with E-state index in [4.69, 9.17) is 0 Å². The smallest absolute Gasteiger partial charge is 0.226 e. The van der Waals surface area contributed by atoms with Gasteiger partial charge in [-0.1, -0.05) is 18.2 Å². The number of ketones is 1. The zero-order chi connectivity index (χ0) is 17.2. The van der Waals surface area contributed by atoms with Crippen LogP contribution in [0.4, 0.5) is 0 Å². The number of carbonyl (C=O) groups is 1. The highest BCUT2D eigenvalue weighted by atomic mass is 32.2. The van der Waals surface area contributed by atoms with Gasteiger partial charge in [0.25, 0.3) is 0 Å². The quantitative estimate of drug-likeness (QED) is 0.410. The molecule has 0 aliphatic rings. The number of nitrogens with zero attached hydrogens (tertiary/aromatic N) is 2. The van der Waals surface area contributed by atoms with Gasteiger partial charge in [0.2, 0.25) is 15.6 Å². The van der Waals surface area contributed by atoms with Crippen LogP contribution in [-0.4, -0.2) is 34.5 Å². The summed E-state index contributed by atoms with van der Waals surface area (Å²) in [5.41, 5.74) is 0.0664. The van der Waals surface area contributed by atoms with Crippen LogP contribution >= 0.6 is 11.3 Å². The Balaban J connectivity index is 2.01. The van der Waals surface area contributed by atoms with Gasteiger partial charge in [0.1, 0.15) is 16.3 Å². The van der Waals surface area contributed by atoms with Gasteiger partial charge in [-0.3, -0.25) is 9.89 Å². The van der Waals surface area contributed by atoms with E-state index in [1.807, 2.05) is 0 Å². The Morgan fingerprint density at radius 2 is 1.96 bits per heavy atom. The number of benzene rings is 1. The van der Waals surface area contributed by atoms with Crippen molar-refractivity contribution < 1.29 is 18.3 Å². The number of hydrogen-bond donors (Lipinski definition) is 2. The number of aromatic amines is 1. The van der Waals surface area contributed by atoms with Crippen LogP contribution in [0.2, 0.25) is 0 Å². The Morgan fingerprint density at radius 1 is 1.21 bits per heavy atom. The van der Waals surface area contributed by atoms with E-state index in [9.17, 15) is 18.3 Å². The zero-order valence-electron chi connectivity index (χ0n) is 12.1. The Labute approximate surface area is 141 Å². The fourth-order valence-corrected chi connectivity index (χ4v) is 4.78. The highest BCUT2D eigenvalue weighted by Crippen LogP contribution is 2.32. The average molecular weight is 361 g/mol. The number of hydrogen-bond acceptors (Lipinski definition) is 7. The van der Waals surface area contributed by atoms with E-state index in [1.54, 1.807) is 18.2 Å². The lowest BCUT2D eigenvalue weighted by Crippen LogP contribution is -2.04. The predicted octanol–water partition coefficient (Wildman–Crippen LogP) is 2.48. The van der Waals surface area contributed by atoms with Crippen molar-refractivity contribution in [1.82, 2.24) is 15.2 Å². The minimum atomic E-state index is -3.79. The van der Waals surface area contributed by atoms with Crippen molar-refractivity contribution >= 4 is 32.7 Å². The third kappa shape index (κ3) is 2.99. The number of allylic oxidation sites excluding steroid dienone is 1. The van der Waals surface area contributed by atoms with Gasteiger partial charge in [0.15, 0.2) is 5.82 Å². The topological polar surface area (TPSA) is 113 Å². The van der Waals surface area contributed by atoms with E-state index in [-0.39, 0.29) is 20.5 Å². The number of aliphatic hydroxyl groups is 1. The van der Waals surface area contributed by atoms with Gasteiger partial charge < -0.3 is 5.11 Å². The van der Waals surface area contributed by atoms with Crippen LogP contribution < -0.4 is 0 Å². The van der Waals surface area contributed by atoms with Crippen molar-refractivity contribution in [3.05, 3.63) is 65.6 Å². The molecule has 122 valence electrons. The molecule has 0 saturated heterocycles. The normalized spacial score (nSPS) is 12.2. The molecule has 0 radical (unpaired) electrons. The number of aromatic nitrogens is 3. The molecule has 0 bridgehead atoms. The van der Waals surface area contributed by atoms with Crippen molar-refractivity contribution in [3.63, 3.8) is 0 Å². The molecule has 0 spiro atoms. The largest absolute Gasteiger partial charge is 0.507 e. The van der Waals surface area contributed by atoms with Crippen LogP contribution in [0.5, 0.6) is 0 Å². The molecule has 0 saturated carbocycles. The second-order valence-corrected chi connectivity index (χ2v) is 7.73. The number of nitrogens with one attached hydrogen (secondary N) is 1. The van der Waals surface area contributed by atoms with E-state index in [1.165, 1.54) is 23.6 Å². The molecule has 0 fully saturated rings. The molecule has 3 aromatic rings. The fourth-order valence-electron chi connectivity index (χ4n) is 1.99. The first-order valence-corrected chi connectivity index (χ1v) is 9.05. The lowest BCUT2D eigenvalue weighted by molar-refractivity contribution is 0.103. The standard InChI is InChI=1S/C15H11N3O4S2/c19-12(8-13(20)14-16-9-17-18-14)11-6-7-23-15(11)24(21,22)10-4-2-1-3-5-10/h1-9,19H,(H,16,17,18). The molecule has 0 aliphatic heterocycles. The van der Waals surface area contributed by atoms with Gasteiger partial charge in [-0.25, -0.2) is 13.4 Å². The maximum Gasteiger partial charge on any atom is 0.226 e. The van der Waals surface area contributed by atoms with Crippen LogP contribution in [0.1, 0.15) is 16.2 Å². The van der Waals surface area contributed by atoms with Crippen molar-refractivity contribution in [2.45, 2.75) is 9.10 Å². The maximum atomic E-state index is 12.7. The van der Waals surface area contributed by atoms with Crippen LogP contribution in [0.15, 0.2) is 63.3 Å². The molecular formula is C15H11N3O4S2. The van der Waals surface area contributed by atoms with Crippen LogP contribution in [0.3, 0.4) is 0 Å². The minimum absolute atomic E-state index is 0.0344. The monoisotopic (exact) mass is 361 g/mol. The summed E-state index contributed by atoms with van der Waals surface area (Å²) in [6.07, 6.45) is 2.07. The zero-order valence-corrected chi connectivity index (χ0v) is 13.7. The summed E-state index contributed by atoms with van der Waals surface area (Å²) < 4.78 is 25.4. The van der Waals surface area contributed by atoms with Crippen molar-refractivity contribution in [2.24, 2.45) is 0 Å². The van der Waals surface area contributed by atoms with E-state index in [2.05, 4.69) is 15.2 Å². The average Bonchev–Trinajstić information content (AvgIpc) is 3.27. The lowest BCUT2D eigenvalue weighted by Gasteiger charge is -2.05. The molecule has 0 unspecified atom stereocenters. The Bertz CT molecular complexity index is 991. The first kappa shape index (κ1) is 16.1. The van der Waals surface area contributed by atoms with E-state index >= 15 is 0 Å². The maximum absolute atomic E-state index is 12.7. The SMILES string of the molecule is O=C(C=C(O)c1ccsc1S(=O)(=O)c1ccccc1)c1ncn[nH]1. The summed E-state index contributed by atoms with van der Waals surface area (Å²) in [6.45, 7) is 0. The molecule has 0 aliphatic carbocycles. The number of sulfone groups is 1. The first-order chi connectivity index (χ1) is 11.5. The lowest BCUT2D eigenvalue weighted by atomic mass is 10.2. The molecular weight excluding hydrogens is 350 g/mol. The number of aliphatic hydroxyl groups excluding tert-OH is 1. The molecule has 1 aromatic carbocycles. The molecule has 24 heavy (non-hydrogen) atoms. The van der Waals surface area contributed by atoms with E-state index in [0.717, 1.165) is 23.7 Å². The van der Waals surface area contributed by atoms with Gasteiger partial charge in [-0.15, -0.1) is 11.3 Å². The second kappa shape index (κ2) is 6.38. The van der Waals surface area contributed by atoms with Gasteiger partial charge in [0.05, 0.1) is 4.90 Å². The van der Waals surface area contributed by atoms with Gasteiger partial charge >= 0.3 is 0 Å². The van der Waals surface area contributed by atoms with Crippen molar-refractivity contribution in [3.8, 4) is 0 Å². The Kier molecular flexibility index (Phi) is 4.28. The molecule has 2 aromatic heterocycles. The summed E-state index contributed by atoms with van der Waals surface area (Å²) in [5, 5.41) is 17.7. The summed E-state index contributed by atoms with van der Waals surface area (Å²) in [5.74, 6) is -1.12. The first-order valence-electron chi connectivity index (χ1n) is 6.68. The molecule has 9 heteroatoms. The van der Waals surface area contributed by atoms with Crippen molar-refractivity contribution in [2.75, 3.05) is 0 Å². The minimum Gasteiger partial charge on any atom is -0.507 e. The third-order valence-corrected chi connectivity index (χ3v) is 6.37. The number of thiophene rings is 1. The summed E-state index contributed by atoms with van der Waals surface area (Å²) in [4.78, 5) is 15.7. The van der Waals surface area contributed by atoms with Gasteiger partial charge in [-0.2, -0.15) is 5.10 Å². The van der Waals surface area contributed by atoms with E-state index < -0.39 is 21.4 Å². The number of carbonyl (C=O) groups excluding carboxylic acids is 1.